The van der Waals surface area contributed by atoms with Crippen molar-refractivity contribution in [3.05, 3.63) is 0 Å². The number of rotatable bonds is 4. The zero-order chi connectivity index (χ0) is 12.1. The van der Waals surface area contributed by atoms with Crippen molar-refractivity contribution in [2.75, 3.05) is 39.3 Å². The second-order valence-electron chi connectivity index (χ2n) is 5.11. The summed E-state index contributed by atoms with van der Waals surface area (Å²) in [6, 6.07) is 0.397. The van der Waals surface area contributed by atoms with E-state index in [1.54, 1.807) is 0 Å². The minimum absolute atomic E-state index is 0.0650. The van der Waals surface area contributed by atoms with Crippen LogP contribution in [0, 0.1) is 0 Å². The molecule has 17 heavy (non-hydrogen) atoms. The quantitative estimate of drug-likeness (QED) is 0.599. The van der Waals surface area contributed by atoms with Gasteiger partial charge in [0, 0.05) is 32.2 Å². The lowest BCUT2D eigenvalue weighted by atomic mass is 10.1. The van der Waals surface area contributed by atoms with E-state index in [9.17, 15) is 4.79 Å². The molecule has 0 bridgehead atoms. The van der Waals surface area contributed by atoms with Crippen LogP contribution in [-0.2, 0) is 4.79 Å². The van der Waals surface area contributed by atoms with Gasteiger partial charge in [0.25, 0.3) is 0 Å². The highest BCUT2D eigenvalue weighted by atomic mass is 16.2. The third-order valence-electron chi connectivity index (χ3n) is 3.58. The molecule has 0 spiro atoms. The van der Waals surface area contributed by atoms with Crippen molar-refractivity contribution in [3.63, 3.8) is 0 Å². The van der Waals surface area contributed by atoms with E-state index in [0.717, 1.165) is 26.2 Å². The van der Waals surface area contributed by atoms with Gasteiger partial charge in [-0.1, -0.05) is 0 Å². The van der Waals surface area contributed by atoms with Crippen molar-refractivity contribution < 1.29 is 4.79 Å². The average molecular weight is 240 g/mol. The van der Waals surface area contributed by atoms with E-state index in [1.807, 2.05) is 0 Å². The molecule has 2 saturated heterocycles. The normalized spacial score (nSPS) is 30.4. The summed E-state index contributed by atoms with van der Waals surface area (Å²) in [5.41, 5.74) is 0. The molecule has 5 heteroatoms. The highest BCUT2D eigenvalue weighted by Crippen LogP contribution is 2.05. The summed E-state index contributed by atoms with van der Waals surface area (Å²) in [7, 11) is 0. The van der Waals surface area contributed by atoms with E-state index in [1.165, 1.54) is 25.9 Å². The number of carbonyl (C=O) groups excluding carboxylic acids is 1. The lowest BCUT2D eigenvalue weighted by Gasteiger charge is -2.28. The zero-order valence-electron chi connectivity index (χ0n) is 10.7. The van der Waals surface area contributed by atoms with E-state index in [4.69, 9.17) is 0 Å². The Morgan fingerprint density at radius 2 is 2.06 bits per heavy atom. The second kappa shape index (κ2) is 6.33. The molecule has 2 rings (SSSR count). The molecule has 2 unspecified atom stereocenters. The van der Waals surface area contributed by atoms with Gasteiger partial charge in [-0.25, -0.2) is 0 Å². The molecule has 2 heterocycles. The van der Waals surface area contributed by atoms with Crippen molar-refractivity contribution in [1.82, 2.24) is 20.9 Å². The first kappa shape index (κ1) is 12.8. The van der Waals surface area contributed by atoms with Crippen molar-refractivity contribution in [1.29, 1.82) is 0 Å². The van der Waals surface area contributed by atoms with E-state index in [0.29, 0.717) is 6.04 Å². The molecule has 0 saturated carbocycles. The molecule has 5 nitrogen and oxygen atoms in total. The van der Waals surface area contributed by atoms with Crippen LogP contribution in [0.25, 0.3) is 0 Å². The largest absolute Gasteiger partial charge is 0.353 e. The standard InChI is InChI=1S/C12H24N4O/c1-10-8-15-11(9-14-10)12(17)13-4-7-16-5-2-3-6-16/h10-11,14-15H,2-9H2,1H3,(H,13,17). The van der Waals surface area contributed by atoms with Gasteiger partial charge in [-0.05, 0) is 32.9 Å². The fourth-order valence-corrected chi connectivity index (χ4v) is 2.43. The van der Waals surface area contributed by atoms with Gasteiger partial charge < -0.3 is 20.9 Å². The van der Waals surface area contributed by atoms with Crippen LogP contribution in [0.15, 0.2) is 0 Å². The zero-order valence-corrected chi connectivity index (χ0v) is 10.7. The Hall–Kier alpha value is -0.650. The molecule has 1 amide bonds. The average Bonchev–Trinajstić information content (AvgIpc) is 2.83. The van der Waals surface area contributed by atoms with Gasteiger partial charge in [-0.15, -0.1) is 0 Å². The van der Waals surface area contributed by atoms with Gasteiger partial charge in [0.15, 0.2) is 0 Å². The highest BCUT2D eigenvalue weighted by Gasteiger charge is 2.22. The van der Waals surface area contributed by atoms with Crippen LogP contribution in [0.4, 0.5) is 0 Å². The number of carbonyl (C=O) groups is 1. The lowest BCUT2D eigenvalue weighted by molar-refractivity contribution is -0.123. The van der Waals surface area contributed by atoms with Crippen LogP contribution in [0.3, 0.4) is 0 Å². The maximum Gasteiger partial charge on any atom is 0.238 e. The minimum atomic E-state index is -0.0650. The van der Waals surface area contributed by atoms with Crippen molar-refractivity contribution in [2.45, 2.75) is 31.8 Å². The smallest absolute Gasteiger partial charge is 0.238 e. The molecule has 0 aromatic carbocycles. The number of nitrogens with zero attached hydrogens (tertiary/aromatic N) is 1. The van der Waals surface area contributed by atoms with Crippen molar-refractivity contribution >= 4 is 5.91 Å². The fraction of sp³-hybridized carbons (Fsp3) is 0.917. The predicted octanol–water partition coefficient (Wildman–Crippen LogP) is -0.852. The Kier molecular flexibility index (Phi) is 4.76. The summed E-state index contributed by atoms with van der Waals surface area (Å²) >= 11 is 0. The Bertz CT molecular complexity index is 245. The molecule has 2 atom stereocenters. The van der Waals surface area contributed by atoms with Gasteiger partial charge in [-0.2, -0.15) is 0 Å². The number of likely N-dealkylation sites (tertiary alicyclic amines) is 1. The maximum atomic E-state index is 11.8. The first-order chi connectivity index (χ1) is 8.25. The summed E-state index contributed by atoms with van der Waals surface area (Å²) in [5, 5.41) is 9.58. The molecule has 2 fully saturated rings. The van der Waals surface area contributed by atoms with Crippen LogP contribution in [-0.4, -0.2) is 62.2 Å². The Morgan fingerprint density at radius 1 is 1.29 bits per heavy atom. The van der Waals surface area contributed by atoms with Gasteiger partial charge >= 0.3 is 0 Å². The summed E-state index contributed by atoms with van der Waals surface area (Å²) in [5.74, 6) is 0.128. The van der Waals surface area contributed by atoms with Gasteiger partial charge in [0.2, 0.25) is 5.91 Å². The summed E-state index contributed by atoms with van der Waals surface area (Å²) < 4.78 is 0. The predicted molar refractivity (Wildman–Crippen MR) is 67.9 cm³/mol. The molecule has 0 aliphatic carbocycles. The van der Waals surface area contributed by atoms with Gasteiger partial charge in [0.1, 0.15) is 0 Å². The Labute approximate surface area is 103 Å². The van der Waals surface area contributed by atoms with Crippen molar-refractivity contribution in [3.8, 4) is 0 Å². The molecule has 2 aliphatic rings. The van der Waals surface area contributed by atoms with Crippen LogP contribution in [0.1, 0.15) is 19.8 Å². The number of amides is 1. The Balaban J connectivity index is 1.60. The second-order valence-corrected chi connectivity index (χ2v) is 5.11. The third-order valence-corrected chi connectivity index (χ3v) is 3.58. The molecule has 0 radical (unpaired) electrons. The van der Waals surface area contributed by atoms with Crippen LogP contribution < -0.4 is 16.0 Å². The maximum absolute atomic E-state index is 11.8. The highest BCUT2D eigenvalue weighted by molar-refractivity contribution is 5.82. The Morgan fingerprint density at radius 3 is 2.71 bits per heavy atom. The van der Waals surface area contributed by atoms with Crippen LogP contribution >= 0.6 is 0 Å². The molecular formula is C12H24N4O. The first-order valence-corrected chi connectivity index (χ1v) is 6.72. The third kappa shape index (κ3) is 3.94. The molecule has 2 aliphatic heterocycles. The minimum Gasteiger partial charge on any atom is -0.353 e. The fourth-order valence-electron chi connectivity index (χ4n) is 2.43. The van der Waals surface area contributed by atoms with E-state index >= 15 is 0 Å². The topological polar surface area (TPSA) is 56.4 Å². The number of nitrogens with one attached hydrogen (secondary N) is 3. The molecule has 0 aromatic heterocycles. The lowest BCUT2D eigenvalue weighted by Crippen LogP contribution is -2.59. The monoisotopic (exact) mass is 240 g/mol. The van der Waals surface area contributed by atoms with Crippen LogP contribution in [0.5, 0.6) is 0 Å². The number of piperazine rings is 1. The summed E-state index contributed by atoms with van der Waals surface area (Å²) in [6.45, 7) is 7.86. The van der Waals surface area contributed by atoms with E-state index in [2.05, 4.69) is 27.8 Å². The molecule has 3 N–H and O–H groups in total. The summed E-state index contributed by atoms with van der Waals surface area (Å²) in [6.07, 6.45) is 2.61. The van der Waals surface area contributed by atoms with Gasteiger partial charge in [0.05, 0.1) is 6.04 Å². The van der Waals surface area contributed by atoms with E-state index < -0.39 is 0 Å². The summed E-state index contributed by atoms with van der Waals surface area (Å²) in [4.78, 5) is 14.3. The first-order valence-electron chi connectivity index (χ1n) is 6.72. The number of hydrogen-bond acceptors (Lipinski definition) is 4. The molecule has 0 aromatic rings. The molecular weight excluding hydrogens is 216 g/mol. The van der Waals surface area contributed by atoms with Crippen LogP contribution in [0.2, 0.25) is 0 Å². The van der Waals surface area contributed by atoms with Gasteiger partial charge in [-0.3, -0.25) is 4.79 Å². The van der Waals surface area contributed by atoms with Crippen molar-refractivity contribution in [2.24, 2.45) is 0 Å². The van der Waals surface area contributed by atoms with E-state index in [-0.39, 0.29) is 11.9 Å². The molecule has 98 valence electrons. The number of hydrogen-bond donors (Lipinski definition) is 3. The SMILES string of the molecule is CC1CNC(C(=O)NCCN2CCCC2)CN1.